The van der Waals surface area contributed by atoms with Crippen LogP contribution in [0.3, 0.4) is 0 Å². The highest BCUT2D eigenvalue weighted by atomic mass is 15.0. The van der Waals surface area contributed by atoms with E-state index in [1.54, 1.807) is 11.3 Å². The summed E-state index contributed by atoms with van der Waals surface area (Å²) in [4.78, 5) is 4.28. The largest absolute Gasteiger partial charge is 0.347 e. The lowest BCUT2D eigenvalue weighted by Gasteiger charge is -2.11. The van der Waals surface area contributed by atoms with Crippen molar-refractivity contribution < 1.29 is 0 Å². The van der Waals surface area contributed by atoms with Crippen LogP contribution >= 0.6 is 0 Å². The summed E-state index contributed by atoms with van der Waals surface area (Å²) < 4.78 is 2.37. The zero-order valence-electron chi connectivity index (χ0n) is 9.87. The number of fused-ring (bicyclic) bond motifs is 3. The molecule has 16 heavy (non-hydrogen) atoms. The van der Waals surface area contributed by atoms with E-state index in [2.05, 4.69) is 22.7 Å². The van der Waals surface area contributed by atoms with Crippen molar-refractivity contribution in [3.8, 4) is 0 Å². The number of hydrogen-bond acceptors (Lipinski definition) is 1. The average molecular weight is 214 g/mol. The summed E-state index contributed by atoms with van der Waals surface area (Å²) in [5, 5.41) is 1.38. The maximum absolute atomic E-state index is 4.28. The quantitative estimate of drug-likeness (QED) is 0.658. The number of aryl methyl sites for hydroxylation is 2. The summed E-state index contributed by atoms with van der Waals surface area (Å²) in [5.74, 6) is 0. The molecule has 0 saturated carbocycles. The monoisotopic (exact) mass is 214 g/mol. The van der Waals surface area contributed by atoms with E-state index in [1.165, 1.54) is 49.4 Å². The van der Waals surface area contributed by atoms with Crippen LogP contribution in [0, 0.1) is 0 Å². The van der Waals surface area contributed by atoms with Gasteiger partial charge in [-0.3, -0.25) is 4.98 Å². The molecule has 2 heterocycles. The van der Waals surface area contributed by atoms with Gasteiger partial charge in [-0.15, -0.1) is 0 Å². The van der Waals surface area contributed by atoms with Crippen LogP contribution in [0.4, 0.5) is 0 Å². The molecular formula is C14H18N2. The van der Waals surface area contributed by atoms with E-state index in [4.69, 9.17) is 0 Å². The van der Waals surface area contributed by atoms with E-state index in [0.29, 0.717) is 0 Å². The molecule has 0 spiro atoms. The Labute approximate surface area is 96.3 Å². The van der Waals surface area contributed by atoms with Crippen molar-refractivity contribution in [3.05, 3.63) is 29.7 Å². The van der Waals surface area contributed by atoms with E-state index in [-0.39, 0.29) is 0 Å². The summed E-state index contributed by atoms with van der Waals surface area (Å²) in [7, 11) is 2.20. The highest BCUT2D eigenvalue weighted by Crippen LogP contribution is 2.29. The zero-order chi connectivity index (χ0) is 11.0. The molecule has 0 fully saturated rings. The molecule has 1 aliphatic carbocycles. The Morgan fingerprint density at radius 2 is 1.94 bits per heavy atom. The number of aromatic nitrogens is 2. The van der Waals surface area contributed by atoms with Crippen LogP contribution in [0.1, 0.15) is 36.9 Å². The van der Waals surface area contributed by atoms with Crippen molar-refractivity contribution in [2.75, 3.05) is 0 Å². The van der Waals surface area contributed by atoms with Gasteiger partial charge in [-0.25, -0.2) is 0 Å². The first-order valence-electron chi connectivity index (χ1n) is 6.28. The van der Waals surface area contributed by atoms with Gasteiger partial charge in [-0.05, 0) is 37.3 Å². The summed E-state index contributed by atoms with van der Waals surface area (Å²) in [5.41, 5.74) is 4.45. The fraction of sp³-hybridized carbons (Fsp3) is 0.500. The minimum Gasteiger partial charge on any atom is -0.347 e. The minimum atomic E-state index is 1.23. The van der Waals surface area contributed by atoms with E-state index in [1.807, 2.05) is 12.4 Å². The molecule has 0 N–H and O–H groups in total. The molecule has 1 aliphatic rings. The van der Waals surface area contributed by atoms with Gasteiger partial charge in [0.15, 0.2) is 0 Å². The third-order valence-electron chi connectivity index (χ3n) is 3.83. The topological polar surface area (TPSA) is 17.8 Å². The fourth-order valence-corrected chi connectivity index (χ4v) is 2.96. The third kappa shape index (κ3) is 1.44. The van der Waals surface area contributed by atoms with Crippen LogP contribution in [-0.4, -0.2) is 9.55 Å². The van der Waals surface area contributed by atoms with Crippen LogP contribution < -0.4 is 0 Å². The van der Waals surface area contributed by atoms with Gasteiger partial charge in [0.2, 0.25) is 0 Å². The van der Waals surface area contributed by atoms with E-state index >= 15 is 0 Å². The van der Waals surface area contributed by atoms with Gasteiger partial charge in [0, 0.05) is 30.5 Å². The second kappa shape index (κ2) is 3.93. The Morgan fingerprint density at radius 1 is 1.12 bits per heavy atom. The molecule has 0 aliphatic heterocycles. The van der Waals surface area contributed by atoms with Gasteiger partial charge in [0.25, 0.3) is 0 Å². The van der Waals surface area contributed by atoms with Crippen molar-refractivity contribution in [2.24, 2.45) is 7.05 Å². The summed E-state index contributed by atoms with van der Waals surface area (Å²) in [6, 6.07) is 2.14. The van der Waals surface area contributed by atoms with Crippen molar-refractivity contribution in [1.29, 1.82) is 0 Å². The first-order valence-corrected chi connectivity index (χ1v) is 6.28. The Kier molecular flexibility index (Phi) is 2.43. The van der Waals surface area contributed by atoms with Gasteiger partial charge in [0.1, 0.15) is 0 Å². The SMILES string of the molecule is Cn1c2c(c3cnccc31)CCCCCC2. The van der Waals surface area contributed by atoms with E-state index in [9.17, 15) is 0 Å². The molecule has 2 heteroatoms. The molecule has 0 saturated heterocycles. The molecule has 2 aromatic rings. The van der Waals surface area contributed by atoms with E-state index in [0.717, 1.165) is 0 Å². The normalized spacial score (nSPS) is 16.8. The Morgan fingerprint density at radius 3 is 2.81 bits per heavy atom. The smallest absolute Gasteiger partial charge is 0.0513 e. The van der Waals surface area contributed by atoms with Gasteiger partial charge in [0.05, 0.1) is 5.52 Å². The summed E-state index contributed by atoms with van der Waals surface area (Å²) >= 11 is 0. The minimum absolute atomic E-state index is 1.23. The molecule has 0 radical (unpaired) electrons. The molecule has 2 aromatic heterocycles. The van der Waals surface area contributed by atoms with Crippen LogP contribution in [0.5, 0.6) is 0 Å². The predicted octanol–water partition coefficient (Wildman–Crippen LogP) is 3.23. The molecule has 84 valence electrons. The van der Waals surface area contributed by atoms with E-state index < -0.39 is 0 Å². The Balaban J connectivity index is 2.23. The molecule has 0 unspecified atom stereocenters. The Bertz CT molecular complexity index is 511. The van der Waals surface area contributed by atoms with Gasteiger partial charge in [-0.2, -0.15) is 0 Å². The number of rotatable bonds is 0. The van der Waals surface area contributed by atoms with Crippen molar-refractivity contribution >= 4 is 10.9 Å². The lowest BCUT2D eigenvalue weighted by Crippen LogP contribution is -2.02. The maximum atomic E-state index is 4.28. The average Bonchev–Trinajstić information content (AvgIpc) is 2.52. The third-order valence-corrected chi connectivity index (χ3v) is 3.83. The van der Waals surface area contributed by atoms with Crippen molar-refractivity contribution in [3.63, 3.8) is 0 Å². The summed E-state index contributed by atoms with van der Waals surface area (Å²) in [6.07, 6.45) is 11.9. The van der Waals surface area contributed by atoms with Gasteiger partial charge >= 0.3 is 0 Å². The van der Waals surface area contributed by atoms with Gasteiger partial charge < -0.3 is 4.57 Å². The van der Waals surface area contributed by atoms with Crippen molar-refractivity contribution in [2.45, 2.75) is 38.5 Å². The van der Waals surface area contributed by atoms with Crippen LogP contribution in [0.25, 0.3) is 10.9 Å². The zero-order valence-corrected chi connectivity index (χ0v) is 9.87. The predicted molar refractivity (Wildman–Crippen MR) is 66.6 cm³/mol. The molecular weight excluding hydrogens is 196 g/mol. The lowest BCUT2D eigenvalue weighted by atomic mass is 9.97. The molecule has 2 nitrogen and oxygen atoms in total. The van der Waals surface area contributed by atoms with Crippen LogP contribution in [0.15, 0.2) is 18.5 Å². The lowest BCUT2D eigenvalue weighted by molar-refractivity contribution is 0.603. The maximum Gasteiger partial charge on any atom is 0.0513 e. The summed E-state index contributed by atoms with van der Waals surface area (Å²) in [6.45, 7) is 0. The van der Waals surface area contributed by atoms with Crippen LogP contribution in [0.2, 0.25) is 0 Å². The standard InChI is InChI=1S/C14H18N2/c1-16-13-7-5-3-2-4-6-11(13)12-10-15-9-8-14(12)16/h8-10H,2-7H2,1H3. The molecule has 0 atom stereocenters. The number of nitrogens with zero attached hydrogens (tertiary/aromatic N) is 2. The highest BCUT2D eigenvalue weighted by Gasteiger charge is 2.15. The van der Waals surface area contributed by atoms with Crippen molar-refractivity contribution in [1.82, 2.24) is 9.55 Å². The fourth-order valence-electron chi connectivity index (χ4n) is 2.96. The first-order chi connectivity index (χ1) is 7.88. The highest BCUT2D eigenvalue weighted by molar-refractivity contribution is 5.84. The first kappa shape index (κ1) is 9.88. The van der Waals surface area contributed by atoms with Gasteiger partial charge in [-0.1, -0.05) is 12.8 Å². The molecule has 0 aromatic carbocycles. The molecule has 3 rings (SSSR count). The number of pyridine rings is 1. The number of hydrogen-bond donors (Lipinski definition) is 0. The Hall–Kier alpha value is -1.31. The second-order valence-corrected chi connectivity index (χ2v) is 4.79. The molecule has 0 amide bonds. The second-order valence-electron chi connectivity index (χ2n) is 4.79. The van der Waals surface area contributed by atoms with Crippen LogP contribution in [-0.2, 0) is 19.9 Å². The molecule has 0 bridgehead atoms.